The van der Waals surface area contributed by atoms with Crippen molar-refractivity contribution < 1.29 is 19.2 Å². The van der Waals surface area contributed by atoms with E-state index in [0.29, 0.717) is 23.5 Å². The highest BCUT2D eigenvalue weighted by Gasteiger charge is 2.21. The standard InChI is InChI=1S/C17H17NO5/c1-3-22-14-10-8-13(9-11-14)17(19)23-12(2)15-6-4-5-7-16(15)18(20)21/h4-12H,3H2,1-2H3. The van der Waals surface area contributed by atoms with Crippen LogP contribution in [-0.2, 0) is 4.74 Å². The van der Waals surface area contributed by atoms with Crippen LogP contribution in [0.2, 0.25) is 0 Å². The minimum absolute atomic E-state index is 0.0699. The van der Waals surface area contributed by atoms with E-state index in [4.69, 9.17) is 9.47 Å². The number of esters is 1. The first kappa shape index (κ1) is 16.5. The molecule has 2 aromatic rings. The third-order valence-electron chi connectivity index (χ3n) is 3.26. The van der Waals surface area contributed by atoms with Crippen molar-refractivity contribution in [1.29, 1.82) is 0 Å². The van der Waals surface area contributed by atoms with Gasteiger partial charge in [-0.15, -0.1) is 0 Å². The van der Waals surface area contributed by atoms with Gasteiger partial charge in [0.25, 0.3) is 5.69 Å². The minimum Gasteiger partial charge on any atom is -0.494 e. The van der Waals surface area contributed by atoms with E-state index in [1.165, 1.54) is 6.07 Å². The first-order valence-electron chi connectivity index (χ1n) is 7.20. The summed E-state index contributed by atoms with van der Waals surface area (Å²) in [4.78, 5) is 22.7. The molecule has 0 aromatic heterocycles. The second-order valence-corrected chi connectivity index (χ2v) is 4.82. The van der Waals surface area contributed by atoms with E-state index in [0.717, 1.165) is 0 Å². The summed E-state index contributed by atoms with van der Waals surface area (Å²) >= 11 is 0. The lowest BCUT2D eigenvalue weighted by molar-refractivity contribution is -0.386. The Labute approximate surface area is 133 Å². The van der Waals surface area contributed by atoms with Gasteiger partial charge >= 0.3 is 5.97 Å². The smallest absolute Gasteiger partial charge is 0.338 e. The molecule has 0 bridgehead atoms. The van der Waals surface area contributed by atoms with Crippen molar-refractivity contribution in [2.75, 3.05) is 6.61 Å². The lowest BCUT2D eigenvalue weighted by Crippen LogP contribution is -2.10. The van der Waals surface area contributed by atoms with Crippen LogP contribution in [0.4, 0.5) is 5.69 Å². The molecule has 0 fully saturated rings. The minimum atomic E-state index is -0.726. The van der Waals surface area contributed by atoms with Crippen molar-refractivity contribution in [2.24, 2.45) is 0 Å². The fraction of sp³-hybridized carbons (Fsp3) is 0.235. The zero-order valence-corrected chi connectivity index (χ0v) is 12.9. The summed E-state index contributed by atoms with van der Waals surface area (Å²) in [7, 11) is 0. The molecule has 2 aromatic carbocycles. The first-order valence-corrected chi connectivity index (χ1v) is 7.20. The lowest BCUT2D eigenvalue weighted by atomic mass is 10.1. The molecule has 0 aliphatic carbocycles. The van der Waals surface area contributed by atoms with Crippen molar-refractivity contribution in [1.82, 2.24) is 0 Å². The molecule has 0 spiro atoms. The SMILES string of the molecule is CCOc1ccc(C(=O)OC(C)c2ccccc2[N+](=O)[O-])cc1. The average Bonchev–Trinajstić information content (AvgIpc) is 2.55. The molecule has 0 amide bonds. The molecule has 0 aliphatic rings. The number of benzene rings is 2. The van der Waals surface area contributed by atoms with Crippen molar-refractivity contribution in [3.8, 4) is 5.75 Å². The van der Waals surface area contributed by atoms with E-state index in [2.05, 4.69) is 0 Å². The zero-order chi connectivity index (χ0) is 16.8. The largest absolute Gasteiger partial charge is 0.494 e. The molecule has 0 N–H and O–H groups in total. The summed E-state index contributed by atoms with van der Waals surface area (Å²) in [5.41, 5.74) is 0.648. The molecular weight excluding hydrogens is 298 g/mol. The number of rotatable bonds is 6. The van der Waals surface area contributed by atoms with Crippen molar-refractivity contribution in [2.45, 2.75) is 20.0 Å². The quantitative estimate of drug-likeness (QED) is 0.459. The highest BCUT2D eigenvalue weighted by molar-refractivity contribution is 5.89. The van der Waals surface area contributed by atoms with E-state index < -0.39 is 17.0 Å². The summed E-state index contributed by atoms with van der Waals surface area (Å²) < 4.78 is 10.6. The zero-order valence-electron chi connectivity index (χ0n) is 12.9. The number of para-hydroxylation sites is 1. The summed E-state index contributed by atoms with van der Waals surface area (Å²) in [5, 5.41) is 11.0. The molecule has 6 heteroatoms. The van der Waals surface area contributed by atoms with Gasteiger partial charge < -0.3 is 9.47 Å². The van der Waals surface area contributed by atoms with Crippen LogP contribution in [0.5, 0.6) is 5.75 Å². The van der Waals surface area contributed by atoms with Crippen LogP contribution < -0.4 is 4.74 Å². The van der Waals surface area contributed by atoms with Crippen LogP contribution in [0, 0.1) is 10.1 Å². The van der Waals surface area contributed by atoms with Gasteiger partial charge in [-0.1, -0.05) is 12.1 Å². The monoisotopic (exact) mass is 315 g/mol. The third-order valence-corrected chi connectivity index (χ3v) is 3.26. The molecular formula is C17H17NO5. The van der Waals surface area contributed by atoms with Crippen LogP contribution in [0.3, 0.4) is 0 Å². The van der Waals surface area contributed by atoms with Gasteiger partial charge in [-0.25, -0.2) is 4.79 Å². The Morgan fingerprint density at radius 3 is 2.43 bits per heavy atom. The summed E-state index contributed by atoms with van der Waals surface area (Å²) in [6.45, 7) is 4.02. The normalized spacial score (nSPS) is 11.6. The van der Waals surface area contributed by atoms with Crippen LogP contribution in [0.15, 0.2) is 48.5 Å². The molecule has 0 saturated carbocycles. The first-order chi connectivity index (χ1) is 11.0. The fourth-order valence-corrected chi connectivity index (χ4v) is 2.14. The number of nitro benzene ring substituents is 1. The lowest BCUT2D eigenvalue weighted by Gasteiger charge is -2.14. The number of hydrogen-bond acceptors (Lipinski definition) is 5. The second kappa shape index (κ2) is 7.40. The Morgan fingerprint density at radius 1 is 1.17 bits per heavy atom. The van der Waals surface area contributed by atoms with Gasteiger partial charge in [0.2, 0.25) is 0 Å². The highest BCUT2D eigenvalue weighted by atomic mass is 16.6. The van der Waals surface area contributed by atoms with Crippen LogP contribution in [0.1, 0.15) is 35.9 Å². The van der Waals surface area contributed by atoms with E-state index in [1.807, 2.05) is 6.92 Å². The predicted octanol–water partition coefficient (Wildman–Crippen LogP) is 3.91. The molecule has 23 heavy (non-hydrogen) atoms. The van der Waals surface area contributed by atoms with E-state index in [9.17, 15) is 14.9 Å². The average molecular weight is 315 g/mol. The van der Waals surface area contributed by atoms with Crippen LogP contribution in [-0.4, -0.2) is 17.5 Å². The molecule has 1 unspecified atom stereocenters. The number of hydrogen-bond donors (Lipinski definition) is 0. The van der Waals surface area contributed by atoms with Crippen molar-refractivity contribution in [3.05, 3.63) is 69.8 Å². The molecule has 0 radical (unpaired) electrons. The van der Waals surface area contributed by atoms with Gasteiger partial charge in [-0.05, 0) is 44.2 Å². The van der Waals surface area contributed by atoms with Crippen LogP contribution >= 0.6 is 0 Å². The molecule has 0 saturated heterocycles. The van der Waals surface area contributed by atoms with Gasteiger partial charge in [-0.3, -0.25) is 10.1 Å². The maximum atomic E-state index is 12.1. The van der Waals surface area contributed by atoms with E-state index in [1.54, 1.807) is 49.4 Å². The highest BCUT2D eigenvalue weighted by Crippen LogP contribution is 2.27. The predicted molar refractivity (Wildman–Crippen MR) is 84.5 cm³/mol. The molecule has 120 valence electrons. The summed E-state index contributed by atoms with van der Waals surface area (Å²) in [6.07, 6.45) is -0.726. The van der Waals surface area contributed by atoms with Crippen molar-refractivity contribution in [3.63, 3.8) is 0 Å². The molecule has 1 atom stereocenters. The molecule has 6 nitrogen and oxygen atoms in total. The Bertz CT molecular complexity index is 696. The Hall–Kier alpha value is -2.89. The van der Waals surface area contributed by atoms with Gasteiger partial charge in [0.05, 0.1) is 22.7 Å². The molecule has 2 rings (SSSR count). The van der Waals surface area contributed by atoms with Gasteiger partial charge in [0, 0.05) is 6.07 Å². The van der Waals surface area contributed by atoms with Gasteiger partial charge in [0.15, 0.2) is 0 Å². The maximum Gasteiger partial charge on any atom is 0.338 e. The Balaban J connectivity index is 2.12. The summed E-state index contributed by atoms with van der Waals surface area (Å²) in [5.74, 6) is 0.120. The second-order valence-electron chi connectivity index (χ2n) is 4.82. The number of ether oxygens (including phenoxy) is 2. The number of nitrogens with zero attached hydrogens (tertiary/aromatic N) is 1. The maximum absolute atomic E-state index is 12.1. The van der Waals surface area contributed by atoms with E-state index in [-0.39, 0.29) is 5.69 Å². The summed E-state index contributed by atoms with van der Waals surface area (Å²) in [6, 6.07) is 12.8. The van der Waals surface area contributed by atoms with Crippen LogP contribution in [0.25, 0.3) is 0 Å². The number of carbonyl (C=O) groups is 1. The topological polar surface area (TPSA) is 78.7 Å². The molecule has 0 heterocycles. The number of nitro groups is 1. The van der Waals surface area contributed by atoms with Gasteiger partial charge in [0.1, 0.15) is 11.9 Å². The van der Waals surface area contributed by atoms with Gasteiger partial charge in [-0.2, -0.15) is 0 Å². The molecule has 0 aliphatic heterocycles. The number of carbonyl (C=O) groups excluding carboxylic acids is 1. The van der Waals surface area contributed by atoms with Crippen molar-refractivity contribution >= 4 is 11.7 Å². The third kappa shape index (κ3) is 4.06. The fourth-order valence-electron chi connectivity index (χ4n) is 2.14. The Kier molecular flexibility index (Phi) is 5.30. The Morgan fingerprint density at radius 2 is 1.83 bits per heavy atom. The van der Waals surface area contributed by atoms with E-state index >= 15 is 0 Å².